The van der Waals surface area contributed by atoms with Crippen LogP contribution in [-0.4, -0.2) is 19.5 Å². The first kappa shape index (κ1) is 33.3. The Balaban J connectivity index is 0.911. The van der Waals surface area contributed by atoms with Crippen LogP contribution in [0.3, 0.4) is 0 Å². The lowest BCUT2D eigenvalue weighted by molar-refractivity contribution is 0.842. The molecule has 12 rings (SSSR count). The van der Waals surface area contributed by atoms with Gasteiger partial charge >= 0.3 is 0 Å². The summed E-state index contributed by atoms with van der Waals surface area (Å²) in [4.78, 5) is 14.9. The van der Waals surface area contributed by atoms with Crippen molar-refractivity contribution in [2.24, 2.45) is 23.7 Å². The molecular formula is C54H40N4. The highest BCUT2D eigenvalue weighted by molar-refractivity contribution is 6.10. The van der Waals surface area contributed by atoms with E-state index < -0.39 is 0 Å². The van der Waals surface area contributed by atoms with Crippen molar-refractivity contribution in [3.05, 3.63) is 205 Å². The SMILES string of the molecule is C1=CCC=C(c2nc(-c3ccccc3)nc(-c3ccc(-c4cccc(-n5c6ccccc6c6ccc(C7=CC8CC8C(C8=CC=CC9CC89)=C7)cc65)c4)cc3)n2)C=C1. The van der Waals surface area contributed by atoms with Crippen molar-refractivity contribution < 1.29 is 0 Å². The number of fused-ring (bicyclic) bond motifs is 5. The normalized spacial score (nSPS) is 21.4. The summed E-state index contributed by atoms with van der Waals surface area (Å²) in [5.74, 6) is 4.87. The highest BCUT2D eigenvalue weighted by Gasteiger charge is 2.47. The van der Waals surface area contributed by atoms with E-state index in [1.807, 2.05) is 36.4 Å². The second kappa shape index (κ2) is 13.3. The highest BCUT2D eigenvalue weighted by atomic mass is 15.0. The lowest BCUT2D eigenvalue weighted by Gasteiger charge is -2.18. The average Bonchev–Trinajstić information content (AvgIpc) is 4.22. The van der Waals surface area contributed by atoms with Crippen LogP contribution in [-0.2, 0) is 0 Å². The highest BCUT2D eigenvalue weighted by Crippen LogP contribution is 2.58. The van der Waals surface area contributed by atoms with E-state index in [0.29, 0.717) is 29.3 Å². The number of nitrogens with zero attached hydrogens (tertiary/aromatic N) is 4. The summed E-state index contributed by atoms with van der Waals surface area (Å²) in [6.07, 6.45) is 26.1. The number of para-hydroxylation sites is 1. The Kier molecular flexibility index (Phi) is 7.65. The Morgan fingerprint density at radius 1 is 0.517 bits per heavy atom. The molecule has 0 spiro atoms. The molecule has 4 nitrogen and oxygen atoms in total. The zero-order valence-corrected chi connectivity index (χ0v) is 32.0. The van der Waals surface area contributed by atoms with E-state index in [-0.39, 0.29) is 0 Å². The molecule has 0 saturated heterocycles. The molecule has 2 heterocycles. The van der Waals surface area contributed by atoms with Crippen LogP contribution in [0, 0.1) is 23.7 Å². The maximum Gasteiger partial charge on any atom is 0.164 e. The Morgan fingerprint density at radius 2 is 1.24 bits per heavy atom. The third-order valence-electron chi connectivity index (χ3n) is 12.7. The van der Waals surface area contributed by atoms with Gasteiger partial charge in [-0.25, -0.2) is 15.0 Å². The molecule has 5 aliphatic carbocycles. The number of aromatic nitrogens is 4. The number of hydrogen-bond acceptors (Lipinski definition) is 3. The topological polar surface area (TPSA) is 43.6 Å². The van der Waals surface area contributed by atoms with Crippen LogP contribution >= 0.6 is 0 Å². The van der Waals surface area contributed by atoms with Gasteiger partial charge in [0.05, 0.1) is 11.0 Å². The fourth-order valence-corrected chi connectivity index (χ4v) is 9.47. The minimum absolute atomic E-state index is 0.660. The van der Waals surface area contributed by atoms with E-state index in [2.05, 4.69) is 150 Å². The van der Waals surface area contributed by atoms with E-state index in [0.717, 1.165) is 51.8 Å². The van der Waals surface area contributed by atoms with E-state index >= 15 is 0 Å². The Morgan fingerprint density at radius 3 is 2.14 bits per heavy atom. The summed E-state index contributed by atoms with van der Waals surface area (Å²) in [6, 6.07) is 43.7. The van der Waals surface area contributed by atoms with Crippen molar-refractivity contribution >= 4 is 33.0 Å². The van der Waals surface area contributed by atoms with Gasteiger partial charge in [0, 0.05) is 33.2 Å². The molecule has 0 aliphatic heterocycles. The zero-order valence-electron chi connectivity index (χ0n) is 32.0. The average molecular weight is 745 g/mol. The Bertz CT molecular complexity index is 3040. The largest absolute Gasteiger partial charge is 0.309 e. The van der Waals surface area contributed by atoms with Crippen LogP contribution in [0.4, 0.5) is 0 Å². The molecule has 5 aromatic carbocycles. The molecule has 4 atom stereocenters. The molecule has 5 aliphatic rings. The quantitative estimate of drug-likeness (QED) is 0.163. The molecule has 0 amide bonds. The summed E-state index contributed by atoms with van der Waals surface area (Å²) in [7, 11) is 0. The number of benzene rings is 5. The maximum absolute atomic E-state index is 5.00. The summed E-state index contributed by atoms with van der Waals surface area (Å²) in [5, 5.41) is 2.55. The summed E-state index contributed by atoms with van der Waals surface area (Å²) >= 11 is 0. The fraction of sp³-hybridized carbons (Fsp3) is 0.130. The minimum Gasteiger partial charge on any atom is -0.309 e. The van der Waals surface area contributed by atoms with Crippen LogP contribution < -0.4 is 0 Å². The molecule has 4 unspecified atom stereocenters. The standard InChI is InChI=1S/C54H40N4/c1-2-5-13-35(12-4-1)52-55-53(36-14-6-3-7-15-36)57-54(56-52)37-24-22-34(23-25-37)38-16-10-18-43(29-38)58-50-21-9-8-19-45(50)46-27-26-39(33-51(46)58)41-28-42-32-48(42)49(31-41)44-20-11-17-40-30-47(40)44/h1-4,6-29,31,33,40,42,47-48H,5,30,32H2. The number of hydrogen-bond donors (Lipinski definition) is 0. The Labute approximate surface area is 338 Å². The first-order chi connectivity index (χ1) is 28.7. The molecule has 2 fully saturated rings. The summed E-state index contributed by atoms with van der Waals surface area (Å²) in [6.45, 7) is 0. The number of allylic oxidation sites excluding steroid dienone is 14. The van der Waals surface area contributed by atoms with E-state index in [1.165, 1.54) is 45.8 Å². The van der Waals surface area contributed by atoms with Crippen LogP contribution in [0.1, 0.15) is 30.7 Å². The monoisotopic (exact) mass is 744 g/mol. The Hall–Kier alpha value is -6.91. The molecule has 7 aromatic rings. The van der Waals surface area contributed by atoms with Crippen molar-refractivity contribution in [3.63, 3.8) is 0 Å². The zero-order chi connectivity index (χ0) is 38.2. The smallest absolute Gasteiger partial charge is 0.164 e. The maximum atomic E-state index is 5.00. The summed E-state index contributed by atoms with van der Waals surface area (Å²) < 4.78 is 2.45. The molecular weight excluding hydrogens is 705 g/mol. The molecule has 276 valence electrons. The molecule has 0 radical (unpaired) electrons. The minimum atomic E-state index is 0.660. The van der Waals surface area contributed by atoms with Gasteiger partial charge in [-0.15, -0.1) is 0 Å². The lowest BCUT2D eigenvalue weighted by Crippen LogP contribution is -2.03. The van der Waals surface area contributed by atoms with Crippen LogP contribution in [0.5, 0.6) is 0 Å². The fourth-order valence-electron chi connectivity index (χ4n) is 9.47. The third-order valence-corrected chi connectivity index (χ3v) is 12.7. The molecule has 2 saturated carbocycles. The summed E-state index contributed by atoms with van der Waals surface area (Å²) in [5.41, 5.74) is 14.7. The molecule has 58 heavy (non-hydrogen) atoms. The van der Waals surface area contributed by atoms with Gasteiger partial charge in [0.1, 0.15) is 0 Å². The van der Waals surface area contributed by atoms with Crippen molar-refractivity contribution in [1.82, 2.24) is 19.5 Å². The van der Waals surface area contributed by atoms with E-state index in [9.17, 15) is 0 Å². The van der Waals surface area contributed by atoms with Gasteiger partial charge in [-0.3, -0.25) is 0 Å². The van der Waals surface area contributed by atoms with Crippen LogP contribution in [0.15, 0.2) is 193 Å². The first-order valence-corrected chi connectivity index (χ1v) is 20.6. The van der Waals surface area contributed by atoms with Gasteiger partial charge < -0.3 is 4.57 Å². The van der Waals surface area contributed by atoms with Gasteiger partial charge in [0.15, 0.2) is 17.5 Å². The second-order valence-corrected chi connectivity index (χ2v) is 16.3. The predicted molar refractivity (Wildman–Crippen MR) is 238 cm³/mol. The predicted octanol–water partition coefficient (Wildman–Crippen LogP) is 13.0. The van der Waals surface area contributed by atoms with Crippen molar-refractivity contribution in [2.45, 2.75) is 19.3 Å². The third kappa shape index (κ3) is 5.78. The van der Waals surface area contributed by atoms with Gasteiger partial charge in [-0.05, 0) is 101 Å². The van der Waals surface area contributed by atoms with E-state index in [1.54, 1.807) is 11.1 Å². The van der Waals surface area contributed by atoms with E-state index in [4.69, 9.17) is 15.0 Å². The van der Waals surface area contributed by atoms with Gasteiger partial charge in [0.2, 0.25) is 0 Å². The van der Waals surface area contributed by atoms with Gasteiger partial charge in [0.25, 0.3) is 0 Å². The molecule has 4 heteroatoms. The molecule has 2 aromatic heterocycles. The first-order valence-electron chi connectivity index (χ1n) is 20.6. The molecule has 0 N–H and O–H groups in total. The van der Waals surface area contributed by atoms with Crippen LogP contribution in [0.2, 0.25) is 0 Å². The van der Waals surface area contributed by atoms with Crippen molar-refractivity contribution in [2.75, 3.05) is 0 Å². The number of rotatable bonds is 7. The molecule has 0 bridgehead atoms. The second-order valence-electron chi connectivity index (χ2n) is 16.3. The van der Waals surface area contributed by atoms with Crippen LogP contribution in [0.25, 0.3) is 72.5 Å². The van der Waals surface area contributed by atoms with Gasteiger partial charge in [-0.1, -0.05) is 158 Å². The lowest BCUT2D eigenvalue weighted by atomic mass is 9.86. The van der Waals surface area contributed by atoms with Crippen molar-refractivity contribution in [1.29, 1.82) is 0 Å². The van der Waals surface area contributed by atoms with Gasteiger partial charge in [-0.2, -0.15) is 0 Å². The van der Waals surface area contributed by atoms with Crippen molar-refractivity contribution in [3.8, 4) is 39.6 Å².